The number of hydrogen-bond acceptors (Lipinski definition) is 8. The molecule has 1 rings (SSSR count). The number of carbonyl (C=O) groups is 3. The molecule has 2 amide bonds. The van der Waals surface area contributed by atoms with Gasteiger partial charge in [0, 0.05) is 0 Å². The Hall–Kier alpha value is -2.07. The summed E-state index contributed by atoms with van der Waals surface area (Å²) in [6, 6.07) is -0.765. The average Bonchev–Trinajstić information content (AvgIpc) is 2.91. The molecule has 5 unspecified atom stereocenters. The van der Waals surface area contributed by atoms with Gasteiger partial charge in [0.2, 0.25) is 0 Å². The molecule has 1 saturated carbocycles. The van der Waals surface area contributed by atoms with E-state index in [-0.39, 0.29) is 17.9 Å². The molecule has 1 fully saturated rings. The Kier molecular flexibility index (Phi) is 11.3. The number of aliphatic hydroxyl groups excluding tert-OH is 2. The second kappa shape index (κ2) is 12.1. The van der Waals surface area contributed by atoms with Crippen LogP contribution in [0.4, 0.5) is 9.59 Å². The Labute approximate surface area is 185 Å². The second-order valence-electron chi connectivity index (χ2n) is 9.69. The van der Waals surface area contributed by atoms with Crippen LogP contribution >= 0.6 is 0 Å². The Bertz CT molecular complexity index is 595. The summed E-state index contributed by atoms with van der Waals surface area (Å²) in [6.07, 6.45) is -1.74. The van der Waals surface area contributed by atoms with E-state index in [2.05, 4.69) is 15.4 Å². The largest absolute Gasteiger partial charge is 0.469 e. The number of methoxy groups -OCH3 is 1. The first-order valence-electron chi connectivity index (χ1n) is 10.4. The highest BCUT2D eigenvalue weighted by molar-refractivity contribution is 5.73. The molecule has 1 aliphatic rings. The molecule has 0 aliphatic heterocycles. The number of alkyl carbamates (subject to hydrolysis) is 2. The van der Waals surface area contributed by atoms with Crippen LogP contribution in [0, 0.1) is 5.92 Å². The number of rotatable bonds is 4. The zero-order chi connectivity index (χ0) is 24.6. The van der Waals surface area contributed by atoms with E-state index in [1.165, 1.54) is 7.11 Å². The number of amides is 2. The molecule has 0 heterocycles. The molecule has 4 N–H and O–H groups in total. The Morgan fingerprint density at radius 2 is 1.42 bits per heavy atom. The van der Waals surface area contributed by atoms with E-state index in [9.17, 15) is 19.5 Å². The topological polar surface area (TPSA) is 143 Å². The van der Waals surface area contributed by atoms with E-state index in [1.807, 2.05) is 0 Å². The summed E-state index contributed by atoms with van der Waals surface area (Å²) >= 11 is 0. The molecule has 0 bridgehead atoms. The van der Waals surface area contributed by atoms with Gasteiger partial charge in [-0.1, -0.05) is 0 Å². The van der Waals surface area contributed by atoms with Gasteiger partial charge in [0.1, 0.15) is 11.2 Å². The van der Waals surface area contributed by atoms with E-state index in [0.717, 1.165) is 0 Å². The highest BCUT2D eigenvalue weighted by Gasteiger charge is 2.38. The summed E-state index contributed by atoms with van der Waals surface area (Å²) in [5, 5.41) is 24.0. The third kappa shape index (κ3) is 13.1. The normalized spacial score (nSPS) is 22.9. The number of carbonyl (C=O) groups excluding carboxylic acids is 3. The van der Waals surface area contributed by atoms with Crippen LogP contribution in [0.1, 0.15) is 68.2 Å². The van der Waals surface area contributed by atoms with Gasteiger partial charge in [0.15, 0.2) is 0 Å². The molecule has 1 aliphatic carbocycles. The number of hydrogen-bond donors (Lipinski definition) is 4. The molecule has 0 radical (unpaired) electrons. The first-order valence-corrected chi connectivity index (χ1v) is 10.4. The predicted octanol–water partition coefficient (Wildman–Crippen LogP) is 2.10. The second-order valence-corrected chi connectivity index (χ2v) is 9.69. The Morgan fingerprint density at radius 3 is 1.84 bits per heavy atom. The van der Waals surface area contributed by atoms with Gasteiger partial charge in [-0.3, -0.25) is 4.79 Å². The lowest BCUT2D eigenvalue weighted by Gasteiger charge is -2.22. The molecule has 182 valence electrons. The number of esters is 1. The summed E-state index contributed by atoms with van der Waals surface area (Å²) in [5.74, 6) is -0.729. The smallest absolute Gasteiger partial charge is 0.407 e. The standard InChI is InChI=1S/C12H21NO5.C9H19NO3/c1-12(2,3)18-11(16)13-8-5-7(6-9(8)14)10(15)17-4;1-6(7(2)11)10-8(12)13-9(3,4)5/h7-9,14H,5-6H2,1-4H3,(H,13,16);6-7,11H,1-5H3,(H,10,12). The highest BCUT2D eigenvalue weighted by atomic mass is 16.6. The molecule has 0 spiro atoms. The first-order chi connectivity index (χ1) is 13.9. The lowest BCUT2D eigenvalue weighted by atomic mass is 10.1. The van der Waals surface area contributed by atoms with Crippen LogP contribution < -0.4 is 10.6 Å². The van der Waals surface area contributed by atoms with Gasteiger partial charge >= 0.3 is 18.2 Å². The van der Waals surface area contributed by atoms with Crippen molar-refractivity contribution in [2.24, 2.45) is 5.92 Å². The van der Waals surface area contributed by atoms with Gasteiger partial charge in [-0.05, 0) is 68.2 Å². The van der Waals surface area contributed by atoms with Crippen molar-refractivity contribution >= 4 is 18.2 Å². The lowest BCUT2D eigenvalue weighted by molar-refractivity contribution is -0.145. The minimum absolute atomic E-state index is 0.296. The van der Waals surface area contributed by atoms with Gasteiger partial charge in [0.05, 0.1) is 37.3 Å². The fourth-order valence-corrected chi connectivity index (χ4v) is 2.60. The molecular weight excluding hydrogens is 408 g/mol. The van der Waals surface area contributed by atoms with Crippen LogP contribution in [-0.4, -0.2) is 71.0 Å². The van der Waals surface area contributed by atoms with Crippen molar-refractivity contribution in [3.8, 4) is 0 Å². The fourth-order valence-electron chi connectivity index (χ4n) is 2.60. The van der Waals surface area contributed by atoms with Gasteiger partial charge in [0.25, 0.3) is 0 Å². The maximum absolute atomic E-state index is 11.5. The zero-order valence-electron chi connectivity index (χ0n) is 20.1. The Balaban J connectivity index is 0.000000615. The van der Waals surface area contributed by atoms with Gasteiger partial charge in [-0.25, -0.2) is 9.59 Å². The molecular formula is C21H40N2O8. The zero-order valence-corrected chi connectivity index (χ0v) is 20.1. The van der Waals surface area contributed by atoms with Crippen LogP contribution in [0.5, 0.6) is 0 Å². The van der Waals surface area contributed by atoms with Crippen molar-refractivity contribution in [2.45, 2.75) is 104 Å². The van der Waals surface area contributed by atoms with E-state index in [1.54, 1.807) is 55.4 Å². The molecule has 10 nitrogen and oxygen atoms in total. The van der Waals surface area contributed by atoms with E-state index in [4.69, 9.17) is 14.6 Å². The molecule has 31 heavy (non-hydrogen) atoms. The fraction of sp³-hybridized carbons (Fsp3) is 0.857. The van der Waals surface area contributed by atoms with Crippen LogP contribution in [0.15, 0.2) is 0 Å². The van der Waals surface area contributed by atoms with Crippen molar-refractivity contribution in [1.82, 2.24) is 10.6 Å². The Morgan fingerprint density at radius 1 is 0.935 bits per heavy atom. The SMILES string of the molecule is CC(O)C(C)NC(=O)OC(C)(C)C.COC(=O)C1CC(O)C(NC(=O)OC(C)(C)C)C1. The van der Waals surface area contributed by atoms with E-state index >= 15 is 0 Å². The van der Waals surface area contributed by atoms with Crippen LogP contribution in [-0.2, 0) is 19.0 Å². The molecule has 0 aromatic rings. The van der Waals surface area contributed by atoms with Crippen molar-refractivity contribution in [3.63, 3.8) is 0 Å². The maximum atomic E-state index is 11.5. The summed E-state index contributed by atoms with van der Waals surface area (Å²) in [4.78, 5) is 34.0. The van der Waals surface area contributed by atoms with Crippen LogP contribution in [0.2, 0.25) is 0 Å². The first kappa shape index (κ1) is 28.9. The monoisotopic (exact) mass is 448 g/mol. The molecule has 5 atom stereocenters. The van der Waals surface area contributed by atoms with Crippen molar-refractivity contribution in [3.05, 3.63) is 0 Å². The number of aliphatic hydroxyl groups is 2. The summed E-state index contributed by atoms with van der Waals surface area (Å²) in [5.41, 5.74) is -1.09. The quantitative estimate of drug-likeness (QED) is 0.378. The average molecular weight is 449 g/mol. The summed E-state index contributed by atoms with van der Waals surface area (Å²) in [6.45, 7) is 14.0. The number of ether oxygens (including phenoxy) is 3. The predicted molar refractivity (Wildman–Crippen MR) is 114 cm³/mol. The third-order valence-electron chi connectivity index (χ3n) is 4.23. The third-order valence-corrected chi connectivity index (χ3v) is 4.23. The van der Waals surface area contributed by atoms with Gasteiger partial charge in [-0.15, -0.1) is 0 Å². The van der Waals surface area contributed by atoms with Crippen molar-refractivity contribution in [2.75, 3.05) is 7.11 Å². The minimum atomic E-state index is -0.749. The maximum Gasteiger partial charge on any atom is 0.407 e. The molecule has 0 aromatic carbocycles. The van der Waals surface area contributed by atoms with Crippen molar-refractivity contribution < 1.29 is 38.8 Å². The number of nitrogens with one attached hydrogen (secondary N) is 2. The molecule has 10 heteroatoms. The summed E-state index contributed by atoms with van der Waals surface area (Å²) < 4.78 is 14.7. The molecule has 0 saturated heterocycles. The van der Waals surface area contributed by atoms with Crippen LogP contribution in [0.3, 0.4) is 0 Å². The van der Waals surface area contributed by atoms with E-state index in [0.29, 0.717) is 12.8 Å². The molecule has 0 aromatic heterocycles. The van der Waals surface area contributed by atoms with E-state index < -0.39 is 41.6 Å². The highest BCUT2D eigenvalue weighted by Crippen LogP contribution is 2.27. The van der Waals surface area contributed by atoms with Crippen molar-refractivity contribution in [1.29, 1.82) is 0 Å². The summed E-state index contributed by atoms with van der Waals surface area (Å²) in [7, 11) is 1.31. The lowest BCUT2D eigenvalue weighted by Crippen LogP contribution is -2.42. The van der Waals surface area contributed by atoms with Gasteiger partial charge in [-0.2, -0.15) is 0 Å². The minimum Gasteiger partial charge on any atom is -0.469 e. The van der Waals surface area contributed by atoms with Crippen LogP contribution in [0.25, 0.3) is 0 Å². The van der Waals surface area contributed by atoms with Gasteiger partial charge < -0.3 is 35.1 Å².